The number of likely N-dealkylation sites (N-methyl/N-ethyl adjacent to an activating group) is 1. The number of nitrogens with one attached hydrogen (secondary N) is 1. The molecular weight excluding hydrogens is 280 g/mol. The van der Waals surface area contributed by atoms with Crippen LogP contribution in [-0.2, 0) is 6.54 Å². The van der Waals surface area contributed by atoms with Crippen molar-refractivity contribution < 1.29 is 4.74 Å². The lowest BCUT2D eigenvalue weighted by Gasteiger charge is -2.24. The Morgan fingerprint density at radius 1 is 1.53 bits per heavy atom. The van der Waals surface area contributed by atoms with Crippen LogP contribution in [0.2, 0.25) is 0 Å². The standard InChI is InChI=1S/C13H19BrN2O/c1-16(11-5-6-15-8-11)9-10-7-12(17-2)3-4-13(10)14/h3-4,7,11,15H,5-6,8-9H2,1-2H3. The first-order valence-corrected chi connectivity index (χ1v) is 6.73. The van der Waals surface area contributed by atoms with Gasteiger partial charge < -0.3 is 10.1 Å². The third-order valence-corrected chi connectivity index (χ3v) is 4.10. The maximum absolute atomic E-state index is 5.27. The Labute approximate surface area is 111 Å². The van der Waals surface area contributed by atoms with E-state index in [1.54, 1.807) is 7.11 Å². The van der Waals surface area contributed by atoms with Gasteiger partial charge in [0.15, 0.2) is 0 Å². The van der Waals surface area contributed by atoms with E-state index >= 15 is 0 Å². The number of hydrogen-bond donors (Lipinski definition) is 1. The van der Waals surface area contributed by atoms with Crippen molar-refractivity contribution in [3.05, 3.63) is 28.2 Å². The lowest BCUT2D eigenvalue weighted by Crippen LogP contribution is -2.32. The van der Waals surface area contributed by atoms with Crippen LogP contribution in [0.1, 0.15) is 12.0 Å². The van der Waals surface area contributed by atoms with Crippen molar-refractivity contribution in [2.45, 2.75) is 19.0 Å². The van der Waals surface area contributed by atoms with Crippen LogP contribution in [0.25, 0.3) is 0 Å². The van der Waals surface area contributed by atoms with Crippen LogP contribution in [0.3, 0.4) is 0 Å². The molecule has 0 spiro atoms. The summed E-state index contributed by atoms with van der Waals surface area (Å²) in [5.41, 5.74) is 1.28. The Balaban J connectivity index is 2.06. The van der Waals surface area contributed by atoms with Crippen LogP contribution in [0.4, 0.5) is 0 Å². The lowest BCUT2D eigenvalue weighted by molar-refractivity contribution is 0.248. The zero-order valence-corrected chi connectivity index (χ0v) is 12.0. The fourth-order valence-corrected chi connectivity index (χ4v) is 2.58. The van der Waals surface area contributed by atoms with Gasteiger partial charge in [0.25, 0.3) is 0 Å². The minimum absolute atomic E-state index is 0.646. The van der Waals surface area contributed by atoms with E-state index in [0.29, 0.717) is 6.04 Å². The first kappa shape index (κ1) is 12.9. The lowest BCUT2D eigenvalue weighted by atomic mass is 10.1. The van der Waals surface area contributed by atoms with Crippen LogP contribution in [-0.4, -0.2) is 38.2 Å². The fraction of sp³-hybridized carbons (Fsp3) is 0.538. The van der Waals surface area contributed by atoms with E-state index in [0.717, 1.165) is 29.9 Å². The summed E-state index contributed by atoms with van der Waals surface area (Å²) in [6.07, 6.45) is 1.23. The maximum Gasteiger partial charge on any atom is 0.119 e. The summed E-state index contributed by atoms with van der Waals surface area (Å²) in [5.74, 6) is 0.918. The summed E-state index contributed by atoms with van der Waals surface area (Å²) in [5, 5.41) is 3.40. The van der Waals surface area contributed by atoms with E-state index in [4.69, 9.17) is 4.74 Å². The molecule has 0 aliphatic carbocycles. The zero-order valence-electron chi connectivity index (χ0n) is 10.4. The van der Waals surface area contributed by atoms with E-state index in [9.17, 15) is 0 Å². The number of ether oxygens (including phenoxy) is 1. The molecule has 1 heterocycles. The molecule has 0 aromatic heterocycles. The molecule has 1 N–H and O–H groups in total. The average Bonchev–Trinajstić information content (AvgIpc) is 2.85. The molecule has 1 aromatic rings. The van der Waals surface area contributed by atoms with Crippen molar-refractivity contribution in [2.24, 2.45) is 0 Å². The molecule has 0 bridgehead atoms. The Bertz CT molecular complexity index is 378. The quantitative estimate of drug-likeness (QED) is 0.923. The maximum atomic E-state index is 5.27. The molecule has 1 aliphatic heterocycles. The monoisotopic (exact) mass is 298 g/mol. The summed E-state index contributed by atoms with van der Waals surface area (Å²) < 4.78 is 6.41. The van der Waals surface area contributed by atoms with Gasteiger partial charge in [-0.1, -0.05) is 15.9 Å². The molecule has 1 fully saturated rings. The minimum Gasteiger partial charge on any atom is -0.497 e. The van der Waals surface area contributed by atoms with Crippen molar-refractivity contribution in [2.75, 3.05) is 27.2 Å². The van der Waals surface area contributed by atoms with E-state index in [-0.39, 0.29) is 0 Å². The van der Waals surface area contributed by atoms with Crippen molar-refractivity contribution in [3.63, 3.8) is 0 Å². The van der Waals surface area contributed by atoms with Crippen molar-refractivity contribution in [1.82, 2.24) is 10.2 Å². The topological polar surface area (TPSA) is 24.5 Å². The van der Waals surface area contributed by atoms with Gasteiger partial charge in [-0.25, -0.2) is 0 Å². The van der Waals surface area contributed by atoms with Gasteiger partial charge in [0.05, 0.1) is 7.11 Å². The second-order valence-electron chi connectivity index (χ2n) is 4.52. The van der Waals surface area contributed by atoms with E-state index in [2.05, 4.69) is 45.3 Å². The molecule has 1 saturated heterocycles. The molecule has 1 unspecified atom stereocenters. The highest BCUT2D eigenvalue weighted by molar-refractivity contribution is 9.10. The highest BCUT2D eigenvalue weighted by atomic mass is 79.9. The van der Waals surface area contributed by atoms with Gasteiger partial charge in [0.2, 0.25) is 0 Å². The summed E-state index contributed by atoms with van der Waals surface area (Å²) in [7, 11) is 3.89. The van der Waals surface area contributed by atoms with Gasteiger partial charge in [-0.2, -0.15) is 0 Å². The number of methoxy groups -OCH3 is 1. The molecule has 3 nitrogen and oxygen atoms in total. The van der Waals surface area contributed by atoms with Crippen molar-refractivity contribution >= 4 is 15.9 Å². The smallest absolute Gasteiger partial charge is 0.119 e. The van der Waals surface area contributed by atoms with Crippen LogP contribution in [0.15, 0.2) is 22.7 Å². The predicted molar refractivity (Wildman–Crippen MR) is 73.4 cm³/mol. The SMILES string of the molecule is COc1ccc(Br)c(CN(C)C2CCNC2)c1. The van der Waals surface area contributed by atoms with Crippen LogP contribution < -0.4 is 10.1 Å². The van der Waals surface area contributed by atoms with Crippen LogP contribution in [0.5, 0.6) is 5.75 Å². The average molecular weight is 299 g/mol. The number of hydrogen-bond acceptors (Lipinski definition) is 3. The van der Waals surface area contributed by atoms with Gasteiger partial charge in [-0.3, -0.25) is 4.90 Å². The third-order valence-electron chi connectivity index (χ3n) is 3.33. The highest BCUT2D eigenvalue weighted by Gasteiger charge is 2.19. The molecule has 0 saturated carbocycles. The first-order chi connectivity index (χ1) is 8.20. The second kappa shape index (κ2) is 5.85. The first-order valence-electron chi connectivity index (χ1n) is 5.94. The largest absolute Gasteiger partial charge is 0.497 e. The van der Waals surface area contributed by atoms with E-state index in [1.165, 1.54) is 12.0 Å². The molecular formula is C13H19BrN2O. The van der Waals surface area contributed by atoms with Crippen molar-refractivity contribution in [3.8, 4) is 5.75 Å². The normalized spacial score (nSPS) is 19.9. The molecule has 94 valence electrons. The van der Waals surface area contributed by atoms with Gasteiger partial charge in [0.1, 0.15) is 5.75 Å². The number of nitrogens with zero attached hydrogens (tertiary/aromatic N) is 1. The Morgan fingerprint density at radius 3 is 3.00 bits per heavy atom. The van der Waals surface area contributed by atoms with Crippen LogP contribution in [0, 0.1) is 0 Å². The molecule has 0 amide bonds. The summed E-state index contributed by atoms with van der Waals surface area (Å²) in [6, 6.07) is 6.77. The van der Waals surface area contributed by atoms with E-state index < -0.39 is 0 Å². The summed E-state index contributed by atoms with van der Waals surface area (Å²) in [4.78, 5) is 2.40. The van der Waals surface area contributed by atoms with Gasteiger partial charge in [0, 0.05) is 23.6 Å². The molecule has 17 heavy (non-hydrogen) atoms. The molecule has 1 atom stereocenters. The summed E-state index contributed by atoms with van der Waals surface area (Å²) >= 11 is 3.60. The summed E-state index contributed by atoms with van der Waals surface area (Å²) in [6.45, 7) is 3.18. The number of halogens is 1. The third kappa shape index (κ3) is 3.21. The highest BCUT2D eigenvalue weighted by Crippen LogP contribution is 2.24. The molecule has 4 heteroatoms. The zero-order chi connectivity index (χ0) is 12.3. The van der Waals surface area contributed by atoms with Gasteiger partial charge >= 0.3 is 0 Å². The number of rotatable bonds is 4. The Kier molecular flexibility index (Phi) is 4.42. The number of benzene rings is 1. The molecule has 1 aliphatic rings. The Morgan fingerprint density at radius 2 is 2.35 bits per heavy atom. The minimum atomic E-state index is 0.646. The fourth-order valence-electron chi connectivity index (χ4n) is 2.21. The Hall–Kier alpha value is -0.580. The van der Waals surface area contributed by atoms with E-state index in [1.807, 2.05) is 6.07 Å². The van der Waals surface area contributed by atoms with Crippen molar-refractivity contribution in [1.29, 1.82) is 0 Å². The molecule has 0 radical (unpaired) electrons. The molecule has 2 rings (SSSR count). The van der Waals surface area contributed by atoms with Gasteiger partial charge in [-0.15, -0.1) is 0 Å². The molecule has 1 aromatic carbocycles. The predicted octanol–water partition coefficient (Wildman–Crippen LogP) is 2.25. The van der Waals surface area contributed by atoms with Gasteiger partial charge in [-0.05, 0) is 43.8 Å². The second-order valence-corrected chi connectivity index (χ2v) is 5.37. The van der Waals surface area contributed by atoms with Crippen LogP contribution >= 0.6 is 15.9 Å².